The monoisotopic (exact) mass is 396 g/mol. The molecule has 0 saturated heterocycles. The molecule has 0 aromatic rings. The van der Waals surface area contributed by atoms with E-state index >= 15 is 0 Å². The van der Waals surface area contributed by atoms with Gasteiger partial charge in [0, 0.05) is 19.8 Å². The molecule has 0 aliphatic carbocycles. The predicted octanol–water partition coefficient (Wildman–Crippen LogP) is 1.51. The molecule has 0 aromatic heterocycles. The van der Waals surface area contributed by atoms with Crippen LogP contribution in [0.5, 0.6) is 0 Å². The Balaban J connectivity index is 4.09. The molecular formula is C16H29O9P. The fourth-order valence-corrected chi connectivity index (χ4v) is 2.19. The van der Waals surface area contributed by atoms with Gasteiger partial charge in [0.15, 0.2) is 15.1 Å². The smallest absolute Gasteiger partial charge is 0.306 e. The number of hydrogen-bond donors (Lipinski definition) is 1. The minimum absolute atomic E-state index is 0.00660. The summed E-state index contributed by atoms with van der Waals surface area (Å²) in [6.07, 6.45) is 0.190. The van der Waals surface area contributed by atoms with Crippen molar-refractivity contribution in [2.24, 2.45) is 0 Å². The summed E-state index contributed by atoms with van der Waals surface area (Å²) in [5.74, 6) is -1.25. The zero-order valence-corrected chi connectivity index (χ0v) is 16.5. The first kappa shape index (κ1) is 24.7. The van der Waals surface area contributed by atoms with Crippen molar-refractivity contribution in [2.75, 3.05) is 26.4 Å². The Labute approximate surface area is 155 Å². The quantitative estimate of drug-likeness (QED) is 0.190. The van der Waals surface area contributed by atoms with Gasteiger partial charge in [-0.1, -0.05) is 13.8 Å². The van der Waals surface area contributed by atoms with Crippen molar-refractivity contribution in [3.8, 4) is 0 Å². The second kappa shape index (κ2) is 15.9. The Morgan fingerprint density at radius 2 is 1.50 bits per heavy atom. The molecule has 26 heavy (non-hydrogen) atoms. The van der Waals surface area contributed by atoms with Crippen LogP contribution in [-0.4, -0.2) is 61.6 Å². The summed E-state index contributed by atoms with van der Waals surface area (Å²) < 4.78 is 25.3. The first-order valence-corrected chi connectivity index (χ1v) is 9.35. The van der Waals surface area contributed by atoms with Gasteiger partial charge in [-0.3, -0.25) is 14.4 Å². The second-order valence-electron chi connectivity index (χ2n) is 5.46. The average Bonchev–Trinajstić information content (AvgIpc) is 2.57. The summed E-state index contributed by atoms with van der Waals surface area (Å²) in [6, 6.07) is 0. The van der Waals surface area contributed by atoms with Crippen molar-refractivity contribution in [1.29, 1.82) is 0 Å². The van der Waals surface area contributed by atoms with Gasteiger partial charge in [-0.05, 0) is 12.8 Å². The standard InChI is InChI=1S/C16H29O9P/c1-4-6-15(19)22-10-14(25-16(20)7-5-2)11-24-26-23-9-13(18)8-21-12(3)17/h13-14,18,26H,4-11H2,1-3H3/t13-,14?/m1/s1. The number of carbonyl (C=O) groups excluding carboxylic acids is 3. The summed E-state index contributed by atoms with van der Waals surface area (Å²) >= 11 is 0. The number of aliphatic hydroxyl groups is 1. The van der Waals surface area contributed by atoms with Gasteiger partial charge in [0.1, 0.15) is 19.3 Å². The topological polar surface area (TPSA) is 118 Å². The first-order chi connectivity index (χ1) is 12.4. The molecule has 0 bridgehead atoms. The Hall–Kier alpha value is -1.28. The van der Waals surface area contributed by atoms with E-state index in [1.807, 2.05) is 13.8 Å². The van der Waals surface area contributed by atoms with Crippen LogP contribution in [0.25, 0.3) is 0 Å². The van der Waals surface area contributed by atoms with E-state index in [1.54, 1.807) is 0 Å². The van der Waals surface area contributed by atoms with Crippen LogP contribution in [0.3, 0.4) is 0 Å². The third kappa shape index (κ3) is 15.0. The molecule has 0 saturated carbocycles. The Kier molecular flexibility index (Phi) is 15.2. The predicted molar refractivity (Wildman–Crippen MR) is 93.5 cm³/mol. The van der Waals surface area contributed by atoms with E-state index in [9.17, 15) is 19.5 Å². The number of rotatable bonds is 15. The SMILES string of the molecule is CCCC(=O)OCC(COPOC[C@H](O)COC(C)=O)OC(=O)CCC. The molecular weight excluding hydrogens is 367 g/mol. The van der Waals surface area contributed by atoms with Gasteiger partial charge in [0.05, 0.1) is 13.2 Å². The van der Waals surface area contributed by atoms with Crippen LogP contribution < -0.4 is 0 Å². The molecule has 2 unspecified atom stereocenters. The van der Waals surface area contributed by atoms with E-state index in [1.165, 1.54) is 6.92 Å². The van der Waals surface area contributed by atoms with Crippen LogP contribution in [0.4, 0.5) is 0 Å². The summed E-state index contributed by atoms with van der Waals surface area (Å²) in [5.41, 5.74) is 0. The number of hydrogen-bond acceptors (Lipinski definition) is 9. The van der Waals surface area contributed by atoms with Crippen LogP contribution >= 0.6 is 9.03 Å². The van der Waals surface area contributed by atoms with E-state index in [2.05, 4.69) is 4.74 Å². The lowest BCUT2D eigenvalue weighted by molar-refractivity contribution is -0.160. The number of carbonyl (C=O) groups is 3. The number of esters is 3. The van der Waals surface area contributed by atoms with Crippen LogP contribution in [0, 0.1) is 0 Å². The van der Waals surface area contributed by atoms with Gasteiger partial charge in [0.25, 0.3) is 0 Å². The number of aliphatic hydroxyl groups excluding tert-OH is 1. The van der Waals surface area contributed by atoms with Gasteiger partial charge in [-0.2, -0.15) is 0 Å². The lowest BCUT2D eigenvalue weighted by Gasteiger charge is -2.18. The molecule has 10 heteroatoms. The van der Waals surface area contributed by atoms with Crippen molar-refractivity contribution in [2.45, 2.75) is 58.7 Å². The molecule has 152 valence electrons. The van der Waals surface area contributed by atoms with E-state index in [0.717, 1.165) is 0 Å². The molecule has 3 atom stereocenters. The van der Waals surface area contributed by atoms with Crippen LogP contribution in [-0.2, 0) is 37.6 Å². The normalized spacial score (nSPS) is 13.4. The van der Waals surface area contributed by atoms with Gasteiger partial charge in [-0.25, -0.2) is 0 Å². The molecule has 0 aliphatic heterocycles. The summed E-state index contributed by atoms with van der Waals surface area (Å²) in [7, 11) is -0.419. The fraction of sp³-hybridized carbons (Fsp3) is 0.812. The van der Waals surface area contributed by atoms with Crippen LogP contribution in [0.15, 0.2) is 0 Å². The summed E-state index contributed by atoms with van der Waals surface area (Å²) in [4.78, 5) is 33.6. The zero-order chi connectivity index (χ0) is 19.8. The zero-order valence-electron chi connectivity index (χ0n) is 15.5. The number of ether oxygens (including phenoxy) is 3. The van der Waals surface area contributed by atoms with Gasteiger partial charge in [0.2, 0.25) is 0 Å². The second-order valence-corrected chi connectivity index (χ2v) is 6.20. The molecule has 0 radical (unpaired) electrons. The molecule has 0 aromatic carbocycles. The minimum Gasteiger partial charge on any atom is -0.463 e. The molecule has 1 N–H and O–H groups in total. The average molecular weight is 396 g/mol. The Morgan fingerprint density at radius 3 is 2.12 bits per heavy atom. The highest BCUT2D eigenvalue weighted by atomic mass is 31.1. The van der Waals surface area contributed by atoms with E-state index in [-0.39, 0.29) is 38.8 Å². The molecule has 0 rings (SSSR count). The lowest BCUT2D eigenvalue weighted by Crippen LogP contribution is -2.29. The van der Waals surface area contributed by atoms with Crippen molar-refractivity contribution in [1.82, 2.24) is 0 Å². The molecule has 0 amide bonds. The van der Waals surface area contributed by atoms with Gasteiger partial charge in [-0.15, -0.1) is 0 Å². The maximum absolute atomic E-state index is 11.6. The highest BCUT2D eigenvalue weighted by Crippen LogP contribution is 2.16. The third-order valence-electron chi connectivity index (χ3n) is 2.78. The highest BCUT2D eigenvalue weighted by Gasteiger charge is 2.17. The van der Waals surface area contributed by atoms with Crippen LogP contribution in [0.2, 0.25) is 0 Å². The van der Waals surface area contributed by atoms with E-state index in [4.69, 9.17) is 18.5 Å². The molecule has 0 spiro atoms. The highest BCUT2D eigenvalue weighted by molar-refractivity contribution is 7.26. The van der Waals surface area contributed by atoms with Crippen molar-refractivity contribution < 1.29 is 42.7 Å². The Morgan fingerprint density at radius 1 is 0.885 bits per heavy atom. The maximum Gasteiger partial charge on any atom is 0.306 e. The molecule has 0 aliphatic rings. The Bertz CT molecular complexity index is 417. The van der Waals surface area contributed by atoms with E-state index in [0.29, 0.717) is 19.3 Å². The third-order valence-corrected chi connectivity index (χ3v) is 3.35. The van der Waals surface area contributed by atoms with E-state index < -0.39 is 33.2 Å². The first-order valence-electron chi connectivity index (χ1n) is 8.54. The maximum atomic E-state index is 11.6. The summed E-state index contributed by atoms with van der Waals surface area (Å²) in [5, 5.41) is 9.50. The van der Waals surface area contributed by atoms with Gasteiger partial charge < -0.3 is 28.4 Å². The van der Waals surface area contributed by atoms with Crippen molar-refractivity contribution >= 4 is 26.9 Å². The van der Waals surface area contributed by atoms with Crippen molar-refractivity contribution in [3.63, 3.8) is 0 Å². The lowest BCUT2D eigenvalue weighted by atomic mass is 10.3. The van der Waals surface area contributed by atoms with Gasteiger partial charge >= 0.3 is 17.9 Å². The molecule has 0 fully saturated rings. The minimum atomic E-state index is -0.955. The largest absolute Gasteiger partial charge is 0.463 e. The van der Waals surface area contributed by atoms with Crippen molar-refractivity contribution in [3.05, 3.63) is 0 Å². The fourth-order valence-electron chi connectivity index (χ4n) is 1.59. The van der Waals surface area contributed by atoms with Crippen LogP contribution in [0.1, 0.15) is 46.5 Å². The molecule has 9 nitrogen and oxygen atoms in total. The molecule has 0 heterocycles. The summed E-state index contributed by atoms with van der Waals surface area (Å²) in [6.45, 7) is 4.62.